The summed E-state index contributed by atoms with van der Waals surface area (Å²) in [7, 11) is 1.97. The van der Waals surface area contributed by atoms with E-state index in [1.807, 2.05) is 73.3 Å². The van der Waals surface area contributed by atoms with Gasteiger partial charge in [0.25, 0.3) is 5.91 Å². The van der Waals surface area contributed by atoms with Crippen LogP contribution in [0.25, 0.3) is 10.9 Å². The predicted octanol–water partition coefficient (Wildman–Crippen LogP) is 3.63. The molecule has 4 rings (SSSR count). The quantitative estimate of drug-likeness (QED) is 0.725. The van der Waals surface area contributed by atoms with Gasteiger partial charge in [0.05, 0.1) is 6.54 Å². The summed E-state index contributed by atoms with van der Waals surface area (Å²) >= 11 is 0. The molecule has 0 fully saturated rings. The zero-order valence-corrected chi connectivity index (χ0v) is 14.8. The summed E-state index contributed by atoms with van der Waals surface area (Å²) in [6, 6.07) is 15.3. The number of benzene rings is 2. The minimum atomic E-state index is -0.480. The number of hydrogen-bond acceptors (Lipinski definition) is 2. The Morgan fingerprint density at radius 3 is 2.65 bits per heavy atom. The van der Waals surface area contributed by atoms with E-state index in [-0.39, 0.29) is 12.5 Å². The van der Waals surface area contributed by atoms with Crippen molar-refractivity contribution in [2.24, 2.45) is 12.0 Å². The number of aromatic nitrogens is 1. The molecule has 130 valence electrons. The summed E-state index contributed by atoms with van der Waals surface area (Å²) in [6.45, 7) is 2.24. The molecule has 0 spiro atoms. The highest BCUT2D eigenvalue weighted by Gasteiger charge is 2.33. The lowest BCUT2D eigenvalue weighted by Gasteiger charge is -2.13. The number of hydrogen-bond donors (Lipinski definition) is 0. The molecule has 0 aliphatic carbocycles. The van der Waals surface area contributed by atoms with E-state index in [0.29, 0.717) is 12.1 Å². The molecule has 3 aromatic rings. The third kappa shape index (κ3) is 2.81. The van der Waals surface area contributed by atoms with Crippen LogP contribution >= 0.6 is 0 Å². The third-order valence-corrected chi connectivity index (χ3v) is 4.71. The maximum atomic E-state index is 12.7. The fourth-order valence-corrected chi connectivity index (χ4v) is 3.46. The first-order chi connectivity index (χ1) is 12.5. The Labute approximate surface area is 151 Å². The molecule has 3 amide bonds. The van der Waals surface area contributed by atoms with Gasteiger partial charge in [0.2, 0.25) is 0 Å². The van der Waals surface area contributed by atoms with E-state index in [2.05, 4.69) is 4.99 Å². The van der Waals surface area contributed by atoms with E-state index in [1.54, 1.807) is 0 Å². The van der Waals surface area contributed by atoms with E-state index in [0.717, 1.165) is 27.6 Å². The van der Waals surface area contributed by atoms with Crippen molar-refractivity contribution >= 4 is 28.6 Å². The van der Waals surface area contributed by atoms with Gasteiger partial charge in [-0.3, -0.25) is 9.69 Å². The van der Waals surface area contributed by atoms with Gasteiger partial charge in [-0.1, -0.05) is 48.0 Å². The van der Waals surface area contributed by atoms with Crippen LogP contribution in [0.1, 0.15) is 16.7 Å². The average molecular weight is 345 g/mol. The molecule has 0 saturated carbocycles. The zero-order valence-electron chi connectivity index (χ0n) is 14.8. The number of urea groups is 1. The van der Waals surface area contributed by atoms with E-state index >= 15 is 0 Å². The molecule has 1 aromatic heterocycles. The van der Waals surface area contributed by atoms with Gasteiger partial charge in [-0.15, -0.1) is 0 Å². The molecule has 0 unspecified atom stereocenters. The molecule has 26 heavy (non-hydrogen) atoms. The molecule has 1 aliphatic heterocycles. The average Bonchev–Trinajstić information content (AvgIpc) is 3.07. The minimum absolute atomic E-state index is 0.252. The van der Waals surface area contributed by atoms with Gasteiger partial charge < -0.3 is 4.57 Å². The Balaban J connectivity index is 1.57. The molecule has 0 saturated heterocycles. The van der Waals surface area contributed by atoms with Gasteiger partial charge in [-0.25, -0.2) is 4.79 Å². The van der Waals surface area contributed by atoms with Gasteiger partial charge >= 0.3 is 6.03 Å². The molecule has 5 heteroatoms. The van der Waals surface area contributed by atoms with Crippen LogP contribution in [0.4, 0.5) is 4.79 Å². The molecule has 0 atom stereocenters. The standard InChI is InChI=1S/C21H19N3O2/c1-14-6-5-7-15(10-14)12-24-20(25)18(22-21(24)26)11-16-13-23(2)19-9-4-3-8-17(16)19/h3-10,13H,11-12H2,1-2H3. The molecule has 1 aliphatic rings. The SMILES string of the molecule is Cc1cccc(CN2C(=O)N=C(Cc3cn(C)c4ccccc34)C2=O)c1. The van der Waals surface area contributed by atoms with Gasteiger partial charge in [-0.05, 0) is 24.1 Å². The van der Waals surface area contributed by atoms with E-state index in [9.17, 15) is 9.59 Å². The van der Waals surface area contributed by atoms with Crippen molar-refractivity contribution in [3.8, 4) is 0 Å². The van der Waals surface area contributed by atoms with Crippen LogP contribution in [-0.4, -0.2) is 27.1 Å². The second kappa shape index (κ2) is 6.26. The molecule has 2 aromatic carbocycles. The second-order valence-electron chi connectivity index (χ2n) is 6.68. The minimum Gasteiger partial charge on any atom is -0.350 e. The van der Waals surface area contributed by atoms with Crippen LogP contribution in [-0.2, 0) is 24.8 Å². The van der Waals surface area contributed by atoms with Gasteiger partial charge in [-0.2, -0.15) is 4.99 Å². The van der Waals surface area contributed by atoms with Gasteiger partial charge in [0, 0.05) is 30.6 Å². The third-order valence-electron chi connectivity index (χ3n) is 4.71. The molecule has 0 N–H and O–H groups in total. The van der Waals surface area contributed by atoms with Crippen LogP contribution in [0.5, 0.6) is 0 Å². The van der Waals surface area contributed by atoms with E-state index < -0.39 is 6.03 Å². The fraction of sp³-hybridized carbons (Fsp3) is 0.190. The highest BCUT2D eigenvalue weighted by molar-refractivity contribution is 6.46. The first-order valence-electron chi connectivity index (χ1n) is 8.55. The number of para-hydroxylation sites is 1. The van der Waals surface area contributed by atoms with Crippen molar-refractivity contribution in [2.45, 2.75) is 19.9 Å². The number of rotatable bonds is 4. The second-order valence-corrected chi connectivity index (χ2v) is 6.68. The molecule has 0 radical (unpaired) electrons. The molecule has 5 nitrogen and oxygen atoms in total. The normalized spacial score (nSPS) is 14.4. The van der Waals surface area contributed by atoms with E-state index in [1.165, 1.54) is 4.90 Å². The maximum Gasteiger partial charge on any atom is 0.351 e. The van der Waals surface area contributed by atoms with Crippen molar-refractivity contribution in [3.63, 3.8) is 0 Å². The summed E-state index contributed by atoms with van der Waals surface area (Å²) in [4.78, 5) is 30.2. The zero-order chi connectivity index (χ0) is 18.3. The van der Waals surface area contributed by atoms with Crippen molar-refractivity contribution in [2.75, 3.05) is 0 Å². The molecular formula is C21H19N3O2. The number of fused-ring (bicyclic) bond motifs is 1. The summed E-state index contributed by atoms with van der Waals surface area (Å²) in [6.07, 6.45) is 2.35. The Morgan fingerprint density at radius 1 is 1.04 bits per heavy atom. The lowest BCUT2D eigenvalue weighted by Crippen LogP contribution is -2.32. The number of nitrogens with zero attached hydrogens (tertiary/aromatic N) is 3. The van der Waals surface area contributed by atoms with Crippen LogP contribution < -0.4 is 0 Å². The summed E-state index contributed by atoms with van der Waals surface area (Å²) < 4.78 is 2.02. The Bertz CT molecular complexity index is 1060. The predicted molar refractivity (Wildman–Crippen MR) is 101 cm³/mol. The lowest BCUT2D eigenvalue weighted by molar-refractivity contribution is -0.121. The summed E-state index contributed by atoms with van der Waals surface area (Å²) in [5.41, 5.74) is 4.42. The number of carbonyl (C=O) groups is 2. The topological polar surface area (TPSA) is 54.7 Å². The number of aliphatic imine (C=N–C) groups is 1. The Hall–Kier alpha value is -3.21. The highest BCUT2D eigenvalue weighted by Crippen LogP contribution is 2.23. The fourth-order valence-electron chi connectivity index (χ4n) is 3.46. The number of carbonyl (C=O) groups excluding carboxylic acids is 2. The van der Waals surface area contributed by atoms with Crippen molar-refractivity contribution in [3.05, 3.63) is 71.4 Å². The van der Waals surface area contributed by atoms with Crippen LogP contribution in [0.2, 0.25) is 0 Å². The van der Waals surface area contributed by atoms with Crippen LogP contribution in [0.3, 0.4) is 0 Å². The lowest BCUT2D eigenvalue weighted by atomic mass is 10.1. The van der Waals surface area contributed by atoms with Gasteiger partial charge in [0.1, 0.15) is 5.71 Å². The number of aryl methyl sites for hydroxylation is 2. The molecular weight excluding hydrogens is 326 g/mol. The number of imide groups is 1. The van der Waals surface area contributed by atoms with E-state index in [4.69, 9.17) is 0 Å². The van der Waals surface area contributed by atoms with Crippen molar-refractivity contribution in [1.29, 1.82) is 0 Å². The van der Waals surface area contributed by atoms with Crippen LogP contribution in [0, 0.1) is 6.92 Å². The maximum absolute atomic E-state index is 12.7. The number of amides is 3. The highest BCUT2D eigenvalue weighted by atomic mass is 16.2. The summed E-state index contributed by atoms with van der Waals surface area (Å²) in [5, 5.41) is 1.08. The van der Waals surface area contributed by atoms with Crippen LogP contribution in [0.15, 0.2) is 59.7 Å². The Kier molecular flexibility index (Phi) is 3.92. The largest absolute Gasteiger partial charge is 0.351 e. The smallest absolute Gasteiger partial charge is 0.350 e. The monoisotopic (exact) mass is 345 g/mol. The summed E-state index contributed by atoms with van der Waals surface area (Å²) in [5.74, 6) is -0.301. The first-order valence-corrected chi connectivity index (χ1v) is 8.55. The Morgan fingerprint density at radius 2 is 1.85 bits per heavy atom. The molecule has 0 bridgehead atoms. The first kappa shape index (κ1) is 16.3. The molecule has 2 heterocycles. The van der Waals surface area contributed by atoms with Gasteiger partial charge in [0.15, 0.2) is 0 Å². The van der Waals surface area contributed by atoms with Crippen molar-refractivity contribution in [1.82, 2.24) is 9.47 Å². The van der Waals surface area contributed by atoms with Crippen molar-refractivity contribution < 1.29 is 9.59 Å².